The molecule has 1 aromatic heterocycles. The number of rotatable bonds is 6. The minimum absolute atomic E-state index is 0.0699. The SMILES string of the molecule is COc1cc(C(=O)NN2CCCC2)ccc1Nc1ncc2c(n1)N(C1CCCC1)CCC(=O)N2C. The predicted octanol–water partition coefficient (Wildman–Crippen LogP) is 3.08. The number of aromatic nitrogens is 2. The fourth-order valence-electron chi connectivity index (χ4n) is 5.16. The van der Waals surface area contributed by atoms with Crippen LogP contribution in [0.3, 0.4) is 0 Å². The predicted molar refractivity (Wildman–Crippen MR) is 134 cm³/mol. The highest BCUT2D eigenvalue weighted by Crippen LogP contribution is 2.37. The molecule has 3 aliphatic rings. The van der Waals surface area contributed by atoms with Crippen LogP contribution in [0.2, 0.25) is 0 Å². The second kappa shape index (κ2) is 10.1. The fourth-order valence-corrected chi connectivity index (χ4v) is 5.16. The standard InChI is InChI=1S/C25H33N7O3/c1-30-20-16-26-25(28-23(20)32(14-11-22(30)33)18-7-3-4-8-18)27-19-10-9-17(15-21(19)35-2)24(34)29-31-12-5-6-13-31/h9-10,15-16,18H,3-8,11-14H2,1-2H3,(H,29,34)(H,26,27,28). The van der Waals surface area contributed by atoms with Crippen LogP contribution in [0, 0.1) is 0 Å². The van der Waals surface area contributed by atoms with Gasteiger partial charge >= 0.3 is 0 Å². The Labute approximate surface area is 205 Å². The summed E-state index contributed by atoms with van der Waals surface area (Å²) in [5, 5.41) is 5.20. The molecule has 5 rings (SSSR count). The molecule has 2 fully saturated rings. The molecule has 10 heteroatoms. The zero-order chi connectivity index (χ0) is 24.4. The summed E-state index contributed by atoms with van der Waals surface area (Å²) in [4.78, 5) is 38.5. The highest BCUT2D eigenvalue weighted by atomic mass is 16.5. The lowest BCUT2D eigenvalue weighted by molar-refractivity contribution is -0.118. The minimum atomic E-state index is -0.155. The van der Waals surface area contributed by atoms with Gasteiger partial charge in [-0.1, -0.05) is 12.8 Å². The molecule has 2 aromatic rings. The molecule has 1 saturated heterocycles. The molecule has 186 valence electrons. The van der Waals surface area contributed by atoms with Gasteiger partial charge in [0.15, 0.2) is 5.82 Å². The van der Waals surface area contributed by atoms with Gasteiger partial charge in [-0.05, 0) is 43.9 Å². The van der Waals surface area contributed by atoms with Gasteiger partial charge in [-0.2, -0.15) is 4.98 Å². The lowest BCUT2D eigenvalue weighted by Gasteiger charge is -2.30. The van der Waals surface area contributed by atoms with E-state index in [2.05, 4.69) is 20.6 Å². The minimum Gasteiger partial charge on any atom is -0.495 e. The number of benzene rings is 1. The molecular weight excluding hydrogens is 446 g/mol. The molecule has 0 unspecified atom stereocenters. The topological polar surface area (TPSA) is 103 Å². The number of fused-ring (bicyclic) bond motifs is 1. The maximum Gasteiger partial charge on any atom is 0.265 e. The van der Waals surface area contributed by atoms with Gasteiger partial charge in [0.2, 0.25) is 11.9 Å². The van der Waals surface area contributed by atoms with Crippen molar-refractivity contribution in [3.8, 4) is 5.75 Å². The molecule has 1 aromatic carbocycles. The number of methoxy groups -OCH3 is 1. The molecule has 1 saturated carbocycles. The molecule has 2 amide bonds. The van der Waals surface area contributed by atoms with Crippen molar-refractivity contribution in [3.05, 3.63) is 30.0 Å². The van der Waals surface area contributed by atoms with Gasteiger partial charge in [0.05, 0.1) is 19.0 Å². The van der Waals surface area contributed by atoms with Crippen molar-refractivity contribution in [2.24, 2.45) is 0 Å². The lowest BCUT2D eigenvalue weighted by atomic mass is 10.1. The first-order valence-electron chi connectivity index (χ1n) is 12.4. The van der Waals surface area contributed by atoms with Crippen LogP contribution in [0.5, 0.6) is 5.75 Å². The Morgan fingerprint density at radius 1 is 1.11 bits per heavy atom. The van der Waals surface area contributed by atoms with Crippen LogP contribution in [0.15, 0.2) is 24.4 Å². The van der Waals surface area contributed by atoms with E-state index in [4.69, 9.17) is 9.72 Å². The summed E-state index contributed by atoms with van der Waals surface area (Å²) < 4.78 is 5.57. The van der Waals surface area contributed by atoms with Gasteiger partial charge < -0.3 is 19.9 Å². The van der Waals surface area contributed by atoms with Gasteiger partial charge in [0.25, 0.3) is 5.91 Å². The Hall–Kier alpha value is -3.40. The molecule has 0 radical (unpaired) electrons. The van der Waals surface area contributed by atoms with Crippen LogP contribution < -0.4 is 25.3 Å². The molecule has 0 bridgehead atoms. The Morgan fingerprint density at radius 2 is 1.89 bits per heavy atom. The summed E-state index contributed by atoms with van der Waals surface area (Å²) in [5.41, 5.74) is 4.86. The average Bonchev–Trinajstić information content (AvgIpc) is 3.57. The van der Waals surface area contributed by atoms with Crippen LogP contribution in [0.1, 0.15) is 55.3 Å². The first-order valence-corrected chi connectivity index (χ1v) is 12.4. The van der Waals surface area contributed by atoms with E-state index in [1.165, 1.54) is 12.8 Å². The van der Waals surface area contributed by atoms with Crippen LogP contribution in [-0.2, 0) is 4.79 Å². The van der Waals surface area contributed by atoms with Crippen molar-refractivity contribution in [1.29, 1.82) is 0 Å². The number of hydrazine groups is 1. The maximum absolute atomic E-state index is 12.7. The van der Waals surface area contributed by atoms with E-state index in [1.807, 2.05) is 5.01 Å². The third-order valence-corrected chi connectivity index (χ3v) is 7.17. The summed E-state index contributed by atoms with van der Waals surface area (Å²) in [5.74, 6) is 1.64. The molecular formula is C25H33N7O3. The third kappa shape index (κ3) is 4.88. The van der Waals surface area contributed by atoms with Crippen molar-refractivity contribution in [2.45, 2.75) is 51.0 Å². The van der Waals surface area contributed by atoms with Crippen LogP contribution in [0.4, 0.5) is 23.1 Å². The second-order valence-electron chi connectivity index (χ2n) is 9.41. The Morgan fingerprint density at radius 3 is 2.63 bits per heavy atom. The molecule has 10 nitrogen and oxygen atoms in total. The molecule has 2 N–H and O–H groups in total. The Bertz CT molecular complexity index is 1100. The van der Waals surface area contributed by atoms with Crippen molar-refractivity contribution < 1.29 is 14.3 Å². The van der Waals surface area contributed by atoms with Gasteiger partial charge in [-0.25, -0.2) is 9.99 Å². The number of amides is 2. The number of hydrogen-bond acceptors (Lipinski definition) is 8. The lowest BCUT2D eigenvalue weighted by Crippen LogP contribution is -2.39. The third-order valence-electron chi connectivity index (χ3n) is 7.17. The Balaban J connectivity index is 1.40. The van der Waals surface area contributed by atoms with Gasteiger partial charge in [0.1, 0.15) is 11.4 Å². The average molecular weight is 480 g/mol. The summed E-state index contributed by atoms with van der Waals surface area (Å²) in [7, 11) is 3.35. The largest absolute Gasteiger partial charge is 0.495 e. The number of anilines is 4. The van der Waals surface area contributed by atoms with Crippen molar-refractivity contribution >= 4 is 35.0 Å². The number of hydrogen-bond donors (Lipinski definition) is 2. The summed E-state index contributed by atoms with van der Waals surface area (Å²) in [6, 6.07) is 5.67. The quantitative estimate of drug-likeness (QED) is 0.652. The molecule has 35 heavy (non-hydrogen) atoms. The van der Waals surface area contributed by atoms with E-state index in [1.54, 1.807) is 43.5 Å². The van der Waals surface area contributed by atoms with E-state index in [0.29, 0.717) is 42.0 Å². The van der Waals surface area contributed by atoms with Crippen molar-refractivity contribution in [2.75, 3.05) is 48.9 Å². The summed E-state index contributed by atoms with van der Waals surface area (Å²) in [6.45, 7) is 2.40. The van der Waals surface area contributed by atoms with E-state index >= 15 is 0 Å². The number of carbonyl (C=O) groups excluding carboxylic acids is 2. The summed E-state index contributed by atoms with van der Waals surface area (Å²) >= 11 is 0. The molecule has 3 heterocycles. The highest BCUT2D eigenvalue weighted by molar-refractivity contribution is 5.97. The fraction of sp³-hybridized carbons (Fsp3) is 0.520. The number of ether oxygens (including phenoxy) is 1. The number of carbonyl (C=O) groups is 2. The number of nitrogens with zero attached hydrogens (tertiary/aromatic N) is 5. The van der Waals surface area contributed by atoms with Crippen LogP contribution in [-0.4, -0.2) is 66.6 Å². The smallest absolute Gasteiger partial charge is 0.265 e. The van der Waals surface area contributed by atoms with E-state index < -0.39 is 0 Å². The summed E-state index contributed by atoms with van der Waals surface area (Å²) in [6.07, 6.45) is 8.97. The van der Waals surface area contributed by atoms with E-state index in [0.717, 1.165) is 50.3 Å². The molecule has 1 aliphatic carbocycles. The highest BCUT2D eigenvalue weighted by Gasteiger charge is 2.31. The zero-order valence-electron chi connectivity index (χ0n) is 20.4. The molecule has 2 aliphatic heterocycles. The van der Waals surface area contributed by atoms with Crippen LogP contribution >= 0.6 is 0 Å². The van der Waals surface area contributed by atoms with Crippen molar-refractivity contribution in [3.63, 3.8) is 0 Å². The van der Waals surface area contributed by atoms with Gasteiger partial charge in [0, 0.05) is 44.7 Å². The monoisotopic (exact) mass is 479 g/mol. The van der Waals surface area contributed by atoms with Gasteiger partial charge in [-0.3, -0.25) is 15.0 Å². The normalized spacial score (nSPS) is 19.0. The number of nitrogens with one attached hydrogen (secondary N) is 2. The maximum atomic E-state index is 12.7. The van der Waals surface area contributed by atoms with Crippen molar-refractivity contribution in [1.82, 2.24) is 20.4 Å². The molecule has 0 spiro atoms. The Kier molecular flexibility index (Phi) is 6.72. The second-order valence-corrected chi connectivity index (χ2v) is 9.41. The first-order chi connectivity index (χ1) is 17.0. The zero-order valence-corrected chi connectivity index (χ0v) is 20.4. The molecule has 0 atom stereocenters. The first kappa shape index (κ1) is 23.3. The van der Waals surface area contributed by atoms with Gasteiger partial charge in [-0.15, -0.1) is 0 Å². The van der Waals surface area contributed by atoms with E-state index in [9.17, 15) is 9.59 Å². The van der Waals surface area contributed by atoms with E-state index in [-0.39, 0.29) is 11.8 Å². The van der Waals surface area contributed by atoms with Crippen LogP contribution in [0.25, 0.3) is 0 Å².